The molecule has 1 saturated heterocycles. The number of anilines is 1. The third kappa shape index (κ3) is 3.56. The topological polar surface area (TPSA) is 53.9 Å². The summed E-state index contributed by atoms with van der Waals surface area (Å²) in [6.45, 7) is 4.11. The summed E-state index contributed by atoms with van der Waals surface area (Å²) in [7, 11) is 0. The van der Waals surface area contributed by atoms with Crippen molar-refractivity contribution in [3.8, 4) is 0 Å². The van der Waals surface area contributed by atoms with Gasteiger partial charge in [-0.2, -0.15) is 0 Å². The largest absolute Gasteiger partial charge is 0.390 e. The molecule has 0 aliphatic carbocycles. The Labute approximate surface area is 170 Å². The molecule has 29 heavy (non-hydrogen) atoms. The Hall–Kier alpha value is -2.65. The van der Waals surface area contributed by atoms with E-state index < -0.39 is 11.6 Å². The molecule has 0 radical (unpaired) electrons. The maximum Gasteiger partial charge on any atom is 0.150 e. The van der Waals surface area contributed by atoms with Gasteiger partial charge in [0.05, 0.1) is 21.5 Å². The molecule has 2 aliphatic heterocycles. The Morgan fingerprint density at radius 2 is 1.86 bits per heavy atom. The SMILES string of the molecule is Fc1cccc(F)c1C1=NO[C@@H](CN2CCN(c3ncnc4ccsc34)CC2)C1. The Morgan fingerprint density at radius 1 is 1.07 bits per heavy atom. The monoisotopic (exact) mass is 415 g/mol. The van der Waals surface area contributed by atoms with Crippen LogP contribution in [-0.4, -0.2) is 59.4 Å². The van der Waals surface area contributed by atoms with Crippen molar-refractivity contribution in [2.24, 2.45) is 5.16 Å². The first-order chi connectivity index (χ1) is 14.2. The number of halogens is 2. The summed E-state index contributed by atoms with van der Waals surface area (Å²) in [6.07, 6.45) is 1.82. The van der Waals surface area contributed by atoms with Gasteiger partial charge in [0.1, 0.15) is 29.9 Å². The number of fused-ring (bicyclic) bond motifs is 1. The van der Waals surface area contributed by atoms with Crippen molar-refractivity contribution in [1.82, 2.24) is 14.9 Å². The van der Waals surface area contributed by atoms with Gasteiger partial charge in [0, 0.05) is 39.1 Å². The number of benzene rings is 1. The number of nitrogens with zero attached hydrogens (tertiary/aromatic N) is 5. The lowest BCUT2D eigenvalue weighted by atomic mass is 10.0. The lowest BCUT2D eigenvalue weighted by Crippen LogP contribution is -2.48. The fourth-order valence-corrected chi connectivity index (χ4v) is 4.74. The van der Waals surface area contributed by atoms with E-state index in [-0.39, 0.29) is 11.7 Å². The first-order valence-corrected chi connectivity index (χ1v) is 10.4. The van der Waals surface area contributed by atoms with Crippen molar-refractivity contribution >= 4 is 33.1 Å². The van der Waals surface area contributed by atoms with Gasteiger partial charge in [-0.3, -0.25) is 4.90 Å². The van der Waals surface area contributed by atoms with E-state index in [9.17, 15) is 8.78 Å². The molecule has 9 heteroatoms. The molecule has 1 atom stereocenters. The minimum absolute atomic E-state index is 0.0801. The molecule has 150 valence electrons. The van der Waals surface area contributed by atoms with Crippen molar-refractivity contribution < 1.29 is 13.6 Å². The zero-order chi connectivity index (χ0) is 19.8. The van der Waals surface area contributed by atoms with Crippen molar-refractivity contribution in [1.29, 1.82) is 0 Å². The fourth-order valence-electron chi connectivity index (χ4n) is 3.88. The quantitative estimate of drug-likeness (QED) is 0.655. The van der Waals surface area contributed by atoms with Crippen LogP contribution in [0.25, 0.3) is 10.2 Å². The summed E-state index contributed by atoms with van der Waals surface area (Å²) in [5.74, 6) is -0.222. The van der Waals surface area contributed by atoms with Gasteiger partial charge in [-0.1, -0.05) is 11.2 Å². The molecule has 0 saturated carbocycles. The van der Waals surface area contributed by atoms with Crippen LogP contribution >= 0.6 is 11.3 Å². The number of oxime groups is 1. The molecule has 0 N–H and O–H groups in total. The van der Waals surface area contributed by atoms with E-state index in [1.54, 1.807) is 17.7 Å². The van der Waals surface area contributed by atoms with Gasteiger partial charge in [-0.15, -0.1) is 11.3 Å². The van der Waals surface area contributed by atoms with Gasteiger partial charge in [0.15, 0.2) is 0 Å². The predicted octanol–water partition coefficient (Wildman–Crippen LogP) is 3.28. The molecular formula is C20H19F2N5OS. The maximum absolute atomic E-state index is 14.0. The second-order valence-electron chi connectivity index (χ2n) is 7.19. The molecule has 4 heterocycles. The minimum atomic E-state index is -0.605. The van der Waals surface area contributed by atoms with Crippen LogP contribution in [0, 0.1) is 11.6 Å². The van der Waals surface area contributed by atoms with Crippen LogP contribution in [0.15, 0.2) is 41.1 Å². The van der Waals surface area contributed by atoms with E-state index in [1.165, 1.54) is 18.2 Å². The van der Waals surface area contributed by atoms with E-state index in [0.29, 0.717) is 18.7 Å². The number of hydrogen-bond acceptors (Lipinski definition) is 7. The first-order valence-electron chi connectivity index (χ1n) is 9.51. The number of hydrogen-bond donors (Lipinski definition) is 0. The molecule has 5 rings (SSSR count). The van der Waals surface area contributed by atoms with Crippen LogP contribution < -0.4 is 4.90 Å². The molecule has 2 aliphatic rings. The number of piperazine rings is 1. The number of thiophene rings is 1. The van der Waals surface area contributed by atoms with Crippen LogP contribution in [0.5, 0.6) is 0 Å². The summed E-state index contributed by atoms with van der Waals surface area (Å²) in [5.41, 5.74) is 1.24. The van der Waals surface area contributed by atoms with E-state index in [0.717, 1.165) is 42.2 Å². The van der Waals surface area contributed by atoms with Crippen LogP contribution in [0.3, 0.4) is 0 Å². The van der Waals surface area contributed by atoms with Crippen LogP contribution in [0.1, 0.15) is 12.0 Å². The highest BCUT2D eigenvalue weighted by Gasteiger charge is 2.29. The Morgan fingerprint density at radius 3 is 2.66 bits per heavy atom. The van der Waals surface area contributed by atoms with E-state index >= 15 is 0 Å². The van der Waals surface area contributed by atoms with Gasteiger partial charge >= 0.3 is 0 Å². The third-order valence-corrected chi connectivity index (χ3v) is 6.24. The zero-order valence-corrected chi connectivity index (χ0v) is 16.4. The highest BCUT2D eigenvalue weighted by Crippen LogP contribution is 2.29. The van der Waals surface area contributed by atoms with Crippen molar-refractivity contribution in [2.75, 3.05) is 37.6 Å². The third-order valence-electron chi connectivity index (χ3n) is 5.34. The Bertz CT molecular complexity index is 1040. The zero-order valence-electron chi connectivity index (χ0n) is 15.6. The fraction of sp³-hybridized carbons (Fsp3) is 0.350. The van der Waals surface area contributed by atoms with Crippen LogP contribution in [0.2, 0.25) is 0 Å². The van der Waals surface area contributed by atoms with Crippen molar-refractivity contribution in [3.05, 3.63) is 53.2 Å². The predicted molar refractivity (Wildman–Crippen MR) is 108 cm³/mol. The Balaban J connectivity index is 1.19. The number of aromatic nitrogens is 2. The van der Waals surface area contributed by atoms with Crippen molar-refractivity contribution in [2.45, 2.75) is 12.5 Å². The molecule has 3 aromatic rings. The molecule has 6 nitrogen and oxygen atoms in total. The van der Waals surface area contributed by atoms with E-state index in [4.69, 9.17) is 4.84 Å². The van der Waals surface area contributed by atoms with Gasteiger partial charge in [-0.25, -0.2) is 18.7 Å². The van der Waals surface area contributed by atoms with Gasteiger partial charge in [0.2, 0.25) is 0 Å². The summed E-state index contributed by atoms with van der Waals surface area (Å²) >= 11 is 1.66. The van der Waals surface area contributed by atoms with E-state index in [2.05, 4.69) is 24.9 Å². The highest BCUT2D eigenvalue weighted by molar-refractivity contribution is 7.17. The normalized spacial score (nSPS) is 20.1. The maximum atomic E-state index is 14.0. The lowest BCUT2D eigenvalue weighted by molar-refractivity contribution is 0.0510. The molecule has 1 fully saturated rings. The molecule has 0 bridgehead atoms. The van der Waals surface area contributed by atoms with E-state index in [1.807, 2.05) is 11.4 Å². The minimum Gasteiger partial charge on any atom is -0.390 e. The van der Waals surface area contributed by atoms with Gasteiger partial charge in [0.25, 0.3) is 0 Å². The van der Waals surface area contributed by atoms with Crippen LogP contribution in [0.4, 0.5) is 14.6 Å². The second kappa shape index (κ2) is 7.64. The molecule has 0 amide bonds. The summed E-state index contributed by atoms with van der Waals surface area (Å²) in [4.78, 5) is 18.8. The summed E-state index contributed by atoms with van der Waals surface area (Å²) in [5, 5.41) is 5.98. The summed E-state index contributed by atoms with van der Waals surface area (Å²) in [6, 6.07) is 5.84. The second-order valence-corrected chi connectivity index (χ2v) is 8.10. The molecule has 1 aromatic carbocycles. The summed E-state index contributed by atoms with van der Waals surface area (Å²) < 4.78 is 29.1. The smallest absolute Gasteiger partial charge is 0.150 e. The number of rotatable bonds is 4. The lowest BCUT2D eigenvalue weighted by Gasteiger charge is -2.36. The highest BCUT2D eigenvalue weighted by atomic mass is 32.1. The van der Waals surface area contributed by atoms with Gasteiger partial charge < -0.3 is 9.74 Å². The Kier molecular flexibility index (Phi) is 4.84. The first kappa shape index (κ1) is 18.4. The average molecular weight is 415 g/mol. The molecule has 2 aromatic heterocycles. The molecular weight excluding hydrogens is 396 g/mol. The molecule has 0 spiro atoms. The van der Waals surface area contributed by atoms with Crippen molar-refractivity contribution in [3.63, 3.8) is 0 Å². The van der Waals surface area contributed by atoms with Crippen LogP contribution in [-0.2, 0) is 4.84 Å². The molecule has 0 unspecified atom stereocenters. The van der Waals surface area contributed by atoms with Gasteiger partial charge in [-0.05, 0) is 23.6 Å². The average Bonchev–Trinajstić information content (AvgIpc) is 3.38. The standard InChI is InChI=1S/C20H19F2N5OS/c21-14-2-1-3-15(22)18(14)17-10-13(28-25-17)11-26-5-7-27(8-6-26)20-19-16(4-9-29-19)23-12-24-20/h1-4,9,12-13H,5-8,10-11H2/t13-/m1/s1.